The molecular weight excluding hydrogens is 478 g/mol. The maximum Gasteiger partial charge on any atom is 0.216 e. The number of nitrogens with zero attached hydrogens (tertiary/aromatic N) is 3. The molecule has 0 aliphatic carbocycles. The number of fused-ring (bicyclic) bond motifs is 3. The molecule has 4 aromatic carbocycles. The molecule has 0 radical (unpaired) electrons. The predicted molar refractivity (Wildman–Crippen MR) is 157 cm³/mol. The lowest BCUT2D eigenvalue weighted by Gasteiger charge is -2.09. The van der Waals surface area contributed by atoms with Gasteiger partial charge in [0.1, 0.15) is 18.2 Å². The van der Waals surface area contributed by atoms with Crippen molar-refractivity contribution in [3.05, 3.63) is 127 Å². The summed E-state index contributed by atoms with van der Waals surface area (Å²) in [4.78, 5) is 10.1. The summed E-state index contributed by atoms with van der Waals surface area (Å²) < 4.78 is 8.89. The van der Waals surface area contributed by atoms with Gasteiger partial charge < -0.3 is 4.42 Å². The van der Waals surface area contributed by atoms with Crippen LogP contribution in [0.4, 0.5) is 0 Å². The topological polar surface area (TPSA) is 42.8 Å². The Labute approximate surface area is 226 Å². The molecule has 7 rings (SSSR count). The standard InChI is InChI=1S/C35H26N3O/c1-23-19-20-27-26-16-11-17-28(33(26)39-34(27)32(23)31-18-9-10-21-38(31)2)35-36-29(24-12-5-3-6-13-24)22-30(37-35)25-14-7-4-8-15-25/h3-22H,1-2H3/q+1. The van der Waals surface area contributed by atoms with Crippen LogP contribution in [-0.4, -0.2) is 9.97 Å². The van der Waals surface area contributed by atoms with E-state index in [1.165, 1.54) is 5.56 Å². The average Bonchev–Trinajstić information content (AvgIpc) is 3.37. The Morgan fingerprint density at radius 2 is 1.26 bits per heavy atom. The van der Waals surface area contributed by atoms with Gasteiger partial charge in [-0.2, -0.15) is 0 Å². The van der Waals surface area contributed by atoms with Crippen LogP contribution in [-0.2, 0) is 7.05 Å². The van der Waals surface area contributed by atoms with Crippen LogP contribution < -0.4 is 4.57 Å². The minimum Gasteiger partial charge on any atom is -0.454 e. The first-order valence-electron chi connectivity index (χ1n) is 13.1. The summed E-state index contributed by atoms with van der Waals surface area (Å²) in [7, 11) is 2.07. The maximum atomic E-state index is 6.76. The molecule has 0 saturated heterocycles. The van der Waals surface area contributed by atoms with E-state index in [1.807, 2.05) is 42.5 Å². The third-order valence-electron chi connectivity index (χ3n) is 7.29. The number of benzene rings is 4. The van der Waals surface area contributed by atoms with E-state index in [0.29, 0.717) is 5.82 Å². The normalized spacial score (nSPS) is 11.3. The van der Waals surface area contributed by atoms with Gasteiger partial charge in [-0.05, 0) is 30.7 Å². The minimum absolute atomic E-state index is 0.642. The number of hydrogen-bond acceptors (Lipinski definition) is 3. The molecule has 0 fully saturated rings. The van der Waals surface area contributed by atoms with Crippen molar-refractivity contribution < 1.29 is 8.98 Å². The lowest BCUT2D eigenvalue weighted by Crippen LogP contribution is -2.30. The van der Waals surface area contributed by atoms with Crippen LogP contribution in [0.5, 0.6) is 0 Å². The number of aromatic nitrogens is 3. The van der Waals surface area contributed by atoms with Crippen molar-refractivity contribution in [1.82, 2.24) is 9.97 Å². The predicted octanol–water partition coefficient (Wildman–Crippen LogP) is 8.18. The molecule has 4 nitrogen and oxygen atoms in total. The van der Waals surface area contributed by atoms with E-state index < -0.39 is 0 Å². The molecule has 0 N–H and O–H groups in total. The summed E-state index contributed by atoms with van der Waals surface area (Å²) in [6.45, 7) is 2.13. The van der Waals surface area contributed by atoms with Crippen molar-refractivity contribution >= 4 is 21.9 Å². The molecule has 0 spiro atoms. The quantitative estimate of drug-likeness (QED) is 0.227. The summed E-state index contributed by atoms with van der Waals surface area (Å²) in [5.41, 5.74) is 9.76. The highest BCUT2D eigenvalue weighted by molar-refractivity contribution is 6.12. The Morgan fingerprint density at radius 1 is 0.615 bits per heavy atom. The van der Waals surface area contributed by atoms with Crippen LogP contribution in [0.1, 0.15) is 5.56 Å². The molecule has 0 bridgehead atoms. The lowest BCUT2D eigenvalue weighted by molar-refractivity contribution is -0.660. The first-order valence-corrected chi connectivity index (χ1v) is 13.1. The number of rotatable bonds is 4. The Kier molecular flexibility index (Phi) is 5.52. The number of aryl methyl sites for hydroxylation is 2. The molecule has 0 saturated carbocycles. The molecule has 0 unspecified atom stereocenters. The summed E-state index contributed by atoms with van der Waals surface area (Å²) in [6, 6.07) is 39.4. The summed E-state index contributed by atoms with van der Waals surface area (Å²) in [6.07, 6.45) is 2.07. The van der Waals surface area contributed by atoms with E-state index in [9.17, 15) is 0 Å². The molecule has 3 heterocycles. The minimum atomic E-state index is 0.642. The molecule has 39 heavy (non-hydrogen) atoms. The van der Waals surface area contributed by atoms with Gasteiger partial charge >= 0.3 is 0 Å². The van der Waals surface area contributed by atoms with Gasteiger partial charge in [0.2, 0.25) is 5.69 Å². The molecule has 7 aromatic rings. The van der Waals surface area contributed by atoms with Gasteiger partial charge in [0.15, 0.2) is 12.0 Å². The molecule has 0 aliphatic heterocycles. The SMILES string of the molecule is Cc1ccc2c(oc3c(-c4nc(-c5ccccc5)cc(-c5ccccc5)n4)cccc32)c1-c1cccc[n+]1C. The Balaban J connectivity index is 1.51. The first kappa shape index (κ1) is 23.1. The highest BCUT2D eigenvalue weighted by Gasteiger charge is 2.22. The van der Waals surface area contributed by atoms with Crippen LogP contribution in [0.3, 0.4) is 0 Å². The monoisotopic (exact) mass is 504 g/mol. The Hall–Kier alpha value is -5.09. The maximum absolute atomic E-state index is 6.76. The van der Waals surface area contributed by atoms with E-state index >= 15 is 0 Å². The second-order valence-electron chi connectivity index (χ2n) is 9.81. The van der Waals surface area contributed by atoms with Crippen LogP contribution >= 0.6 is 0 Å². The fraction of sp³-hybridized carbons (Fsp3) is 0.0571. The van der Waals surface area contributed by atoms with Crippen molar-refractivity contribution in [2.24, 2.45) is 7.05 Å². The smallest absolute Gasteiger partial charge is 0.216 e. The van der Waals surface area contributed by atoms with Gasteiger partial charge in [-0.15, -0.1) is 0 Å². The second kappa shape index (κ2) is 9.34. The van der Waals surface area contributed by atoms with Crippen LogP contribution in [0.25, 0.3) is 67.1 Å². The van der Waals surface area contributed by atoms with Crippen LogP contribution in [0.15, 0.2) is 126 Å². The number of pyridine rings is 1. The van der Waals surface area contributed by atoms with Crippen LogP contribution in [0, 0.1) is 6.92 Å². The van der Waals surface area contributed by atoms with E-state index in [1.54, 1.807) is 0 Å². The van der Waals surface area contributed by atoms with Gasteiger partial charge in [0.25, 0.3) is 0 Å². The lowest BCUT2D eigenvalue weighted by atomic mass is 10.00. The van der Waals surface area contributed by atoms with Crippen molar-refractivity contribution in [2.45, 2.75) is 6.92 Å². The highest BCUT2D eigenvalue weighted by atomic mass is 16.3. The zero-order chi connectivity index (χ0) is 26.3. The zero-order valence-corrected chi connectivity index (χ0v) is 21.8. The molecule has 4 heteroatoms. The van der Waals surface area contributed by atoms with Gasteiger partial charge in [-0.25, -0.2) is 14.5 Å². The van der Waals surface area contributed by atoms with E-state index in [0.717, 1.165) is 61.3 Å². The molecule has 3 aromatic heterocycles. The van der Waals surface area contributed by atoms with E-state index in [2.05, 4.69) is 97.5 Å². The molecule has 0 amide bonds. The highest BCUT2D eigenvalue weighted by Crippen LogP contribution is 2.40. The van der Waals surface area contributed by atoms with Crippen molar-refractivity contribution in [3.8, 4) is 45.2 Å². The summed E-state index contributed by atoms with van der Waals surface area (Å²) in [5.74, 6) is 0.642. The van der Waals surface area contributed by atoms with Crippen LogP contribution in [0.2, 0.25) is 0 Å². The van der Waals surface area contributed by atoms with Gasteiger partial charge in [-0.3, -0.25) is 0 Å². The molecular formula is C35H26N3O+. The van der Waals surface area contributed by atoms with Gasteiger partial charge in [-0.1, -0.05) is 84.9 Å². The van der Waals surface area contributed by atoms with Crippen molar-refractivity contribution in [3.63, 3.8) is 0 Å². The molecule has 0 aliphatic rings. The third-order valence-corrected chi connectivity index (χ3v) is 7.29. The molecule has 0 atom stereocenters. The first-order chi connectivity index (χ1) is 19.2. The molecule has 186 valence electrons. The van der Waals surface area contributed by atoms with E-state index in [4.69, 9.17) is 14.4 Å². The number of hydrogen-bond donors (Lipinski definition) is 0. The zero-order valence-electron chi connectivity index (χ0n) is 21.8. The van der Waals surface area contributed by atoms with Crippen molar-refractivity contribution in [2.75, 3.05) is 0 Å². The summed E-state index contributed by atoms with van der Waals surface area (Å²) in [5, 5.41) is 2.14. The fourth-order valence-corrected chi connectivity index (χ4v) is 5.32. The fourth-order valence-electron chi connectivity index (χ4n) is 5.32. The van der Waals surface area contributed by atoms with E-state index in [-0.39, 0.29) is 0 Å². The largest absolute Gasteiger partial charge is 0.454 e. The third kappa shape index (κ3) is 3.98. The Morgan fingerprint density at radius 3 is 1.92 bits per heavy atom. The Bertz CT molecular complexity index is 1920. The number of para-hydroxylation sites is 1. The van der Waals surface area contributed by atoms with Gasteiger partial charge in [0.05, 0.1) is 22.5 Å². The second-order valence-corrected chi connectivity index (χ2v) is 9.81. The van der Waals surface area contributed by atoms with Gasteiger partial charge in [0, 0.05) is 34.0 Å². The average molecular weight is 505 g/mol. The summed E-state index contributed by atoms with van der Waals surface area (Å²) >= 11 is 0. The number of furan rings is 1. The van der Waals surface area contributed by atoms with Crippen molar-refractivity contribution in [1.29, 1.82) is 0 Å².